The van der Waals surface area contributed by atoms with E-state index in [-0.39, 0.29) is 110 Å². The second-order valence-electron chi connectivity index (χ2n) is 0. The van der Waals surface area contributed by atoms with Gasteiger partial charge >= 0.3 is 59.1 Å². The molecule has 0 rings (SSSR count). The Morgan fingerprint density at radius 2 is 0.750 bits per heavy atom. The van der Waals surface area contributed by atoms with Gasteiger partial charge in [-0.25, -0.2) is 0 Å². The minimum atomic E-state index is 0. The summed E-state index contributed by atoms with van der Waals surface area (Å²) in [6.07, 6.45) is 0. The van der Waals surface area contributed by atoms with Crippen LogP contribution in [0.5, 0.6) is 0 Å². The van der Waals surface area contributed by atoms with Crippen LogP contribution < -0.4 is 59.1 Å². The average Bonchev–Trinajstić information content (AvgIpc) is 0. The van der Waals surface area contributed by atoms with Crippen molar-refractivity contribution in [2.75, 3.05) is 0 Å². The molecule has 0 saturated carbocycles. The molecule has 16 valence electrons. The maximum absolute atomic E-state index is 0. The fourth-order valence-corrected chi connectivity index (χ4v) is 0. The first-order valence-corrected chi connectivity index (χ1v) is 0. The molecule has 0 aliphatic heterocycles. The van der Waals surface area contributed by atoms with E-state index in [9.17, 15) is 0 Å². The van der Waals surface area contributed by atoms with Crippen molar-refractivity contribution in [2.24, 2.45) is 0 Å². The van der Waals surface area contributed by atoms with E-state index < -0.39 is 0 Å². The van der Waals surface area contributed by atoms with E-state index in [1.54, 1.807) is 0 Å². The predicted octanol–water partition coefficient (Wildman–Crippen LogP) is -6.11. The quantitative estimate of drug-likeness (QED) is 0.304. The van der Waals surface area contributed by atoms with Crippen molar-refractivity contribution in [3.8, 4) is 0 Å². The zero-order chi connectivity index (χ0) is 0. The number of hydrogen-bond donors (Lipinski definition) is 0. The summed E-state index contributed by atoms with van der Waals surface area (Å²) in [5, 5.41) is 0. The van der Waals surface area contributed by atoms with Crippen LogP contribution >= 0.6 is 0 Å². The van der Waals surface area contributed by atoms with Crippen LogP contribution in [0.2, 0.25) is 0 Å². The second-order valence-corrected chi connectivity index (χ2v) is 0. The van der Waals surface area contributed by atoms with E-state index in [0.29, 0.717) is 0 Å². The smallest absolute Gasteiger partial charge is 1.00 e. The fraction of sp³-hybridized carbons (Fsp3) is 0. The molecule has 0 aliphatic rings. The molecule has 0 aromatic rings. The van der Waals surface area contributed by atoms with E-state index in [2.05, 4.69) is 0 Å². The molecule has 0 amide bonds. The molecule has 4 heavy (non-hydrogen) atoms. The summed E-state index contributed by atoms with van der Waals surface area (Å²) >= 11 is 0. The van der Waals surface area contributed by atoms with Gasteiger partial charge in [-0.05, 0) is 0 Å². The molecule has 0 atom stereocenters. The second kappa shape index (κ2) is 16.1. The molecule has 4 heteroatoms. The van der Waals surface area contributed by atoms with E-state index >= 15 is 0 Å². The molecular weight excluding hydrogens is 146 g/mol. The van der Waals surface area contributed by atoms with Crippen LogP contribution in [0.1, 0.15) is 0 Å². The largest absolute Gasteiger partial charge is 2.00 e. The molecule has 0 unspecified atom stereocenters. The van der Waals surface area contributed by atoms with Gasteiger partial charge < -0.3 is 5.48 Å². The minimum Gasteiger partial charge on any atom is -2.00 e. The minimum absolute atomic E-state index is 0. The molecule has 0 fully saturated rings. The van der Waals surface area contributed by atoms with Gasteiger partial charge in [-0.2, -0.15) is 0 Å². The molecule has 0 heterocycles. The molecule has 0 saturated heterocycles. The fourth-order valence-electron chi connectivity index (χ4n) is 0. The van der Waals surface area contributed by atoms with Crippen LogP contribution in [-0.4, -0.2) is 0 Å². The van der Waals surface area contributed by atoms with E-state index in [0.717, 1.165) is 0 Å². The summed E-state index contributed by atoms with van der Waals surface area (Å²) in [6.45, 7) is 0. The van der Waals surface area contributed by atoms with Crippen molar-refractivity contribution >= 4 is 0 Å². The summed E-state index contributed by atoms with van der Waals surface area (Å²) in [5.74, 6) is 0. The van der Waals surface area contributed by atoms with E-state index in [1.807, 2.05) is 0 Å². The summed E-state index contributed by atoms with van der Waals surface area (Å²) in [6, 6.07) is 0. The van der Waals surface area contributed by atoms with Crippen molar-refractivity contribution in [3.05, 3.63) is 0 Å². The zero-order valence-electron chi connectivity index (χ0n) is 2.76. The first kappa shape index (κ1) is 26.1. The van der Waals surface area contributed by atoms with E-state index in [1.165, 1.54) is 0 Å². The van der Waals surface area contributed by atoms with Crippen LogP contribution in [0.4, 0.5) is 0 Å². The van der Waals surface area contributed by atoms with Gasteiger partial charge in [-0.1, -0.05) is 0 Å². The van der Waals surface area contributed by atoms with Gasteiger partial charge in [0.2, 0.25) is 0 Å². The normalized spacial score (nSPS) is 0. The molecule has 1 nitrogen and oxygen atoms in total. The van der Waals surface area contributed by atoms with Gasteiger partial charge in [0, 0.05) is 45.5 Å². The maximum atomic E-state index is 0. The third-order valence-electron chi connectivity index (χ3n) is 0. The molecule has 0 N–H and O–H groups in total. The van der Waals surface area contributed by atoms with Crippen LogP contribution in [-0.2, 0) is 5.48 Å². The van der Waals surface area contributed by atoms with Crippen LogP contribution in [0.3, 0.4) is 0 Å². The van der Waals surface area contributed by atoms with Crippen LogP contribution in [0, 0.1) is 45.5 Å². The Morgan fingerprint density at radius 1 is 0.750 bits per heavy atom. The zero-order valence-corrected chi connectivity index (χ0v) is 8.25. The first-order chi connectivity index (χ1) is 0. The number of rotatable bonds is 0. The summed E-state index contributed by atoms with van der Waals surface area (Å²) in [4.78, 5) is 0. The van der Waals surface area contributed by atoms with Gasteiger partial charge in [0.15, 0.2) is 0 Å². The van der Waals surface area contributed by atoms with Crippen molar-refractivity contribution in [2.45, 2.75) is 0 Å². The molecule has 0 aliphatic carbocycles. The van der Waals surface area contributed by atoms with Crippen molar-refractivity contribution in [3.63, 3.8) is 0 Å². The monoisotopic (exact) mass is 146 g/mol. The molecule has 0 radical (unpaired) electrons. The molecule has 0 spiro atoms. The first-order valence-electron chi connectivity index (χ1n) is 0. The maximum Gasteiger partial charge on any atom is 1.00 e. The van der Waals surface area contributed by atoms with Gasteiger partial charge in [0.1, 0.15) is 0 Å². The third kappa shape index (κ3) is 9.06. The standard InChI is InChI=1S/Kr.2Na.O/q;2*+1;-2. The SMILES string of the molecule is [Kr].[Na+].[Na+].[O-2]. The molecular formula is KrNa2O. The summed E-state index contributed by atoms with van der Waals surface area (Å²) in [7, 11) is 0. The Labute approximate surface area is 107 Å². The summed E-state index contributed by atoms with van der Waals surface area (Å²) in [5.41, 5.74) is 0. The van der Waals surface area contributed by atoms with Crippen molar-refractivity contribution < 1.29 is 110 Å². The molecule has 0 aromatic heterocycles. The van der Waals surface area contributed by atoms with Gasteiger partial charge in [-0.3, -0.25) is 0 Å². The topological polar surface area (TPSA) is 28.5 Å². The Morgan fingerprint density at radius 3 is 0.750 bits per heavy atom. The Kier molecular flexibility index (Phi) is 105. The Bertz CT molecular complexity index is 6.00. The average molecular weight is 146 g/mol. The van der Waals surface area contributed by atoms with Gasteiger partial charge in [0.05, 0.1) is 0 Å². The third-order valence-corrected chi connectivity index (χ3v) is 0. The van der Waals surface area contributed by atoms with Gasteiger partial charge in [0.25, 0.3) is 0 Å². The van der Waals surface area contributed by atoms with Crippen LogP contribution in [0.15, 0.2) is 0 Å². The Hall–Kier alpha value is 3.44. The van der Waals surface area contributed by atoms with Crippen LogP contribution in [0.25, 0.3) is 0 Å². The Balaban J connectivity index is 0. The van der Waals surface area contributed by atoms with Gasteiger partial charge in [-0.15, -0.1) is 0 Å². The predicted molar refractivity (Wildman–Crippen MR) is 0.686 cm³/mol. The van der Waals surface area contributed by atoms with E-state index in [4.69, 9.17) is 0 Å². The van der Waals surface area contributed by atoms with Crippen molar-refractivity contribution in [1.82, 2.24) is 0 Å². The van der Waals surface area contributed by atoms with Crippen molar-refractivity contribution in [1.29, 1.82) is 0 Å². The number of hydrogen-bond acceptors (Lipinski definition) is 0. The summed E-state index contributed by atoms with van der Waals surface area (Å²) < 4.78 is 0. The molecule has 0 bridgehead atoms. The molecule has 0 aromatic carbocycles.